The van der Waals surface area contributed by atoms with E-state index in [4.69, 9.17) is 11.2 Å². The number of carbonyl (C=O) groups excluding carboxylic acids is 3. The number of nitrogens with zero attached hydrogens (tertiary/aromatic N) is 1. The van der Waals surface area contributed by atoms with Crippen LogP contribution in [0.5, 0.6) is 0 Å². The van der Waals surface area contributed by atoms with E-state index in [2.05, 4.69) is 16.6 Å². The van der Waals surface area contributed by atoms with Crippen molar-refractivity contribution in [1.29, 1.82) is 0 Å². The van der Waals surface area contributed by atoms with Gasteiger partial charge in [-0.25, -0.2) is 4.79 Å². The number of anilines is 1. The van der Waals surface area contributed by atoms with Gasteiger partial charge in [-0.15, -0.1) is 6.42 Å². The zero-order chi connectivity index (χ0) is 28.5. The van der Waals surface area contributed by atoms with E-state index >= 15 is 0 Å². The number of benzene rings is 2. The molecule has 2 aromatic rings. The van der Waals surface area contributed by atoms with Gasteiger partial charge in [-0.2, -0.15) is 0 Å². The van der Waals surface area contributed by atoms with Gasteiger partial charge in [0.05, 0.1) is 6.61 Å². The Morgan fingerprint density at radius 2 is 1.71 bits per heavy atom. The summed E-state index contributed by atoms with van der Waals surface area (Å²) in [7, 11) is 0. The molecule has 2 unspecified atom stereocenters. The van der Waals surface area contributed by atoms with Crippen LogP contribution in [0.4, 0.5) is 10.5 Å². The predicted molar refractivity (Wildman–Crippen MR) is 149 cm³/mol. The largest absolute Gasteiger partial charge is 0.444 e. The molecule has 0 spiro atoms. The molecule has 2 aromatic carbocycles. The number of nitrogens with one attached hydrogen (secondary N) is 2. The first kappa shape index (κ1) is 30.4. The van der Waals surface area contributed by atoms with Crippen molar-refractivity contribution in [3.63, 3.8) is 0 Å². The molecule has 38 heavy (non-hydrogen) atoms. The molecule has 2 atom stereocenters. The number of alkyl carbamates (subject to hydrolysis) is 1. The Kier molecular flexibility index (Phi) is 10.9. The number of aryl methyl sites for hydroxylation is 2. The van der Waals surface area contributed by atoms with Crippen molar-refractivity contribution < 1.29 is 24.2 Å². The predicted octanol–water partition coefficient (Wildman–Crippen LogP) is 4.48. The quantitative estimate of drug-likeness (QED) is 0.400. The molecule has 0 saturated heterocycles. The van der Waals surface area contributed by atoms with E-state index in [9.17, 15) is 19.5 Å². The molecule has 8 heteroatoms. The SMILES string of the molecule is C#Cc1ccccc1C(C(=O)Nc1c(C)cccc1C)N(CCCC)C(=O)C(CO)NC(=O)OC(C)(C)C. The summed E-state index contributed by atoms with van der Waals surface area (Å²) < 4.78 is 5.28. The summed E-state index contributed by atoms with van der Waals surface area (Å²) >= 11 is 0. The molecule has 0 saturated carbocycles. The molecule has 0 bridgehead atoms. The van der Waals surface area contributed by atoms with E-state index in [0.717, 1.165) is 17.5 Å². The molecular weight excluding hydrogens is 482 g/mol. The summed E-state index contributed by atoms with van der Waals surface area (Å²) in [6.07, 6.45) is 6.26. The van der Waals surface area contributed by atoms with Crippen molar-refractivity contribution in [3.05, 3.63) is 64.7 Å². The van der Waals surface area contributed by atoms with Crippen molar-refractivity contribution in [1.82, 2.24) is 10.2 Å². The monoisotopic (exact) mass is 521 g/mol. The highest BCUT2D eigenvalue weighted by Gasteiger charge is 2.37. The number of terminal acetylenes is 1. The van der Waals surface area contributed by atoms with E-state index in [1.807, 2.05) is 39.0 Å². The normalized spacial score (nSPS) is 12.6. The minimum atomic E-state index is -1.32. The maximum absolute atomic E-state index is 14.0. The van der Waals surface area contributed by atoms with Crippen molar-refractivity contribution >= 4 is 23.6 Å². The Morgan fingerprint density at radius 1 is 1.08 bits per heavy atom. The fourth-order valence-electron chi connectivity index (χ4n) is 4.05. The number of ether oxygens (including phenoxy) is 1. The lowest BCUT2D eigenvalue weighted by atomic mass is 9.96. The van der Waals surface area contributed by atoms with E-state index in [1.165, 1.54) is 4.90 Å². The van der Waals surface area contributed by atoms with Gasteiger partial charge in [0, 0.05) is 17.8 Å². The maximum atomic E-state index is 14.0. The third kappa shape index (κ3) is 8.09. The summed E-state index contributed by atoms with van der Waals surface area (Å²) in [6, 6.07) is 10.2. The summed E-state index contributed by atoms with van der Waals surface area (Å²) in [4.78, 5) is 41.6. The van der Waals surface area contributed by atoms with Crippen LogP contribution in [0, 0.1) is 26.2 Å². The summed E-state index contributed by atoms with van der Waals surface area (Å²) in [5.74, 6) is 1.53. The topological polar surface area (TPSA) is 108 Å². The molecule has 8 nitrogen and oxygen atoms in total. The second-order valence-corrected chi connectivity index (χ2v) is 10.2. The number of carbonyl (C=O) groups is 3. The number of aliphatic hydroxyl groups excluding tert-OH is 1. The van der Waals surface area contributed by atoms with Crippen LogP contribution in [0.2, 0.25) is 0 Å². The van der Waals surface area contributed by atoms with Crippen LogP contribution in [0.1, 0.15) is 68.8 Å². The van der Waals surface area contributed by atoms with Crippen LogP contribution in [0.25, 0.3) is 0 Å². The molecular formula is C30H39N3O5. The standard InChI is InChI=1S/C30H39N3O5/c1-8-10-18-33(28(36)24(19-34)31-29(37)38-30(5,6)7)26(23-17-12-11-16-22(23)9-2)27(35)32-25-20(3)14-13-15-21(25)4/h2,11-17,24,26,34H,8,10,18-19H2,1,3-7H3,(H,31,37)(H,32,35). The van der Waals surface area contributed by atoms with Crippen LogP contribution >= 0.6 is 0 Å². The van der Waals surface area contributed by atoms with Crippen LogP contribution in [0.3, 0.4) is 0 Å². The molecule has 0 aromatic heterocycles. The van der Waals surface area contributed by atoms with Crippen LogP contribution in [-0.2, 0) is 14.3 Å². The Morgan fingerprint density at radius 3 is 2.26 bits per heavy atom. The van der Waals surface area contributed by atoms with Gasteiger partial charge >= 0.3 is 6.09 Å². The highest BCUT2D eigenvalue weighted by molar-refractivity contribution is 6.00. The summed E-state index contributed by atoms with van der Waals surface area (Å²) in [5, 5.41) is 15.5. The zero-order valence-electron chi connectivity index (χ0n) is 23.1. The number of rotatable bonds is 10. The zero-order valence-corrected chi connectivity index (χ0v) is 23.1. The van der Waals surface area contributed by atoms with Gasteiger partial charge in [0.2, 0.25) is 5.91 Å². The Labute approximate surface area is 225 Å². The van der Waals surface area contributed by atoms with E-state index in [-0.39, 0.29) is 6.54 Å². The van der Waals surface area contributed by atoms with E-state index < -0.39 is 42.2 Å². The molecule has 0 aliphatic heterocycles. The lowest BCUT2D eigenvalue weighted by Gasteiger charge is -2.34. The molecule has 0 aliphatic rings. The minimum absolute atomic E-state index is 0.200. The first-order valence-electron chi connectivity index (χ1n) is 12.8. The van der Waals surface area contributed by atoms with Gasteiger partial charge in [0.25, 0.3) is 5.91 Å². The molecule has 3 amide bonds. The van der Waals surface area contributed by atoms with Gasteiger partial charge in [-0.3, -0.25) is 9.59 Å². The molecule has 0 radical (unpaired) electrons. The van der Waals surface area contributed by atoms with E-state index in [0.29, 0.717) is 23.2 Å². The molecule has 204 valence electrons. The number of para-hydroxylation sites is 1. The fourth-order valence-corrected chi connectivity index (χ4v) is 4.05. The van der Waals surface area contributed by atoms with Crippen LogP contribution < -0.4 is 10.6 Å². The van der Waals surface area contributed by atoms with Crippen LogP contribution in [-0.4, -0.2) is 52.7 Å². The third-order valence-corrected chi connectivity index (χ3v) is 5.91. The third-order valence-electron chi connectivity index (χ3n) is 5.91. The molecule has 0 heterocycles. The van der Waals surface area contributed by atoms with Crippen LogP contribution in [0.15, 0.2) is 42.5 Å². The second kappa shape index (κ2) is 13.6. The minimum Gasteiger partial charge on any atom is -0.444 e. The molecule has 2 rings (SSSR count). The molecule has 3 N–H and O–H groups in total. The van der Waals surface area contributed by atoms with Gasteiger partial charge in [0.1, 0.15) is 17.7 Å². The fraction of sp³-hybridized carbons (Fsp3) is 0.433. The van der Waals surface area contributed by atoms with Crippen molar-refractivity contribution in [2.45, 2.75) is 72.1 Å². The number of unbranched alkanes of at least 4 members (excludes halogenated alkanes) is 1. The van der Waals surface area contributed by atoms with Gasteiger partial charge in [0.15, 0.2) is 0 Å². The van der Waals surface area contributed by atoms with Crippen molar-refractivity contribution in [2.24, 2.45) is 0 Å². The lowest BCUT2D eigenvalue weighted by molar-refractivity contribution is -0.141. The number of hydrogen-bond donors (Lipinski definition) is 3. The van der Waals surface area contributed by atoms with Crippen molar-refractivity contribution in [3.8, 4) is 12.3 Å². The molecule has 0 fully saturated rings. The first-order chi connectivity index (χ1) is 17.9. The maximum Gasteiger partial charge on any atom is 0.408 e. The second-order valence-electron chi connectivity index (χ2n) is 10.2. The summed E-state index contributed by atoms with van der Waals surface area (Å²) in [5.41, 5.74) is 2.52. The number of hydrogen-bond acceptors (Lipinski definition) is 5. The Bertz CT molecular complexity index is 1160. The van der Waals surface area contributed by atoms with Gasteiger partial charge < -0.3 is 25.4 Å². The highest BCUT2D eigenvalue weighted by atomic mass is 16.6. The Balaban J connectivity index is 2.57. The Hall–Kier alpha value is -3.83. The first-order valence-corrected chi connectivity index (χ1v) is 12.8. The van der Waals surface area contributed by atoms with E-state index in [1.54, 1.807) is 45.0 Å². The average Bonchev–Trinajstić information content (AvgIpc) is 2.85. The number of amides is 3. The smallest absolute Gasteiger partial charge is 0.408 e. The summed E-state index contributed by atoms with van der Waals surface area (Å²) in [6.45, 7) is 10.3. The van der Waals surface area contributed by atoms with Crippen molar-refractivity contribution in [2.75, 3.05) is 18.5 Å². The molecule has 0 aliphatic carbocycles. The highest BCUT2D eigenvalue weighted by Crippen LogP contribution is 2.29. The number of aliphatic hydroxyl groups is 1. The average molecular weight is 522 g/mol. The van der Waals surface area contributed by atoms with Gasteiger partial charge in [-0.1, -0.05) is 55.7 Å². The van der Waals surface area contributed by atoms with Gasteiger partial charge in [-0.05, 0) is 63.8 Å². The lowest BCUT2D eigenvalue weighted by Crippen LogP contribution is -2.54.